The fourth-order valence-corrected chi connectivity index (χ4v) is 3.14. The highest BCUT2D eigenvalue weighted by Gasteiger charge is 2.13. The number of thioether (sulfide) groups is 1. The summed E-state index contributed by atoms with van der Waals surface area (Å²) in [5, 5.41) is 7.64. The molecule has 0 spiro atoms. The van der Waals surface area contributed by atoms with Gasteiger partial charge in [0.2, 0.25) is 0 Å². The number of carbonyl (C=O) groups is 1. The number of hydrogen-bond acceptors (Lipinski definition) is 6. The van der Waals surface area contributed by atoms with Gasteiger partial charge in [0.25, 0.3) is 5.91 Å². The van der Waals surface area contributed by atoms with Crippen LogP contribution < -0.4 is 5.32 Å². The number of carbonyl (C=O) groups excluding carboxylic acids is 1. The van der Waals surface area contributed by atoms with Gasteiger partial charge in [0, 0.05) is 31.1 Å². The summed E-state index contributed by atoms with van der Waals surface area (Å²) in [6.07, 6.45) is 1.70. The largest absolute Gasteiger partial charge is 0.361 e. The molecule has 0 fully saturated rings. The first-order valence-electron chi connectivity index (χ1n) is 8.14. The Morgan fingerprint density at radius 1 is 1.38 bits per heavy atom. The Labute approximate surface area is 147 Å². The first-order chi connectivity index (χ1) is 11.6. The van der Waals surface area contributed by atoms with E-state index in [1.165, 1.54) is 11.8 Å². The number of hydrogen-bond donors (Lipinski definition) is 1. The molecule has 0 bridgehead atoms. The lowest BCUT2D eigenvalue weighted by Crippen LogP contribution is -2.35. The summed E-state index contributed by atoms with van der Waals surface area (Å²) >= 11 is 1.49. The molecule has 130 valence electrons. The minimum atomic E-state index is -0.0888. The van der Waals surface area contributed by atoms with Crippen LogP contribution in [-0.2, 0) is 5.75 Å². The molecule has 6 nitrogen and oxygen atoms in total. The van der Waals surface area contributed by atoms with E-state index in [9.17, 15) is 4.79 Å². The maximum Gasteiger partial charge on any atom is 0.254 e. The third kappa shape index (κ3) is 5.35. The van der Waals surface area contributed by atoms with E-state index < -0.39 is 0 Å². The van der Waals surface area contributed by atoms with E-state index >= 15 is 0 Å². The van der Waals surface area contributed by atoms with Crippen molar-refractivity contribution in [3.05, 3.63) is 41.4 Å². The van der Waals surface area contributed by atoms with Crippen molar-refractivity contribution in [2.75, 3.05) is 26.2 Å². The average Bonchev–Trinajstić information content (AvgIpc) is 3.02. The van der Waals surface area contributed by atoms with Crippen LogP contribution in [0, 0.1) is 6.92 Å². The maximum absolute atomic E-state index is 12.4. The molecule has 0 unspecified atom stereocenters. The van der Waals surface area contributed by atoms with Crippen LogP contribution in [0.2, 0.25) is 0 Å². The van der Waals surface area contributed by atoms with Crippen molar-refractivity contribution in [1.82, 2.24) is 20.4 Å². The highest BCUT2D eigenvalue weighted by molar-refractivity contribution is 7.98. The Kier molecular flexibility index (Phi) is 7.27. The molecule has 0 aromatic carbocycles. The van der Waals surface area contributed by atoms with E-state index in [0.717, 1.165) is 31.1 Å². The fraction of sp³-hybridized carbons (Fsp3) is 0.471. The summed E-state index contributed by atoms with van der Waals surface area (Å²) in [7, 11) is 0. The van der Waals surface area contributed by atoms with Crippen LogP contribution in [-0.4, -0.2) is 47.1 Å². The lowest BCUT2D eigenvalue weighted by molar-refractivity contribution is 0.0945. The van der Waals surface area contributed by atoms with Crippen LogP contribution in [0.15, 0.2) is 33.9 Å². The van der Waals surface area contributed by atoms with Crippen LogP contribution in [0.3, 0.4) is 0 Å². The van der Waals surface area contributed by atoms with Crippen molar-refractivity contribution in [1.29, 1.82) is 0 Å². The van der Waals surface area contributed by atoms with Gasteiger partial charge in [-0.15, -0.1) is 0 Å². The first-order valence-corrected chi connectivity index (χ1v) is 9.13. The number of aromatic nitrogens is 2. The molecule has 2 aromatic heterocycles. The molecule has 24 heavy (non-hydrogen) atoms. The van der Waals surface area contributed by atoms with Crippen molar-refractivity contribution < 1.29 is 9.32 Å². The minimum Gasteiger partial charge on any atom is -0.361 e. The normalized spacial score (nSPS) is 11.0. The lowest BCUT2D eigenvalue weighted by Gasteiger charge is -2.18. The van der Waals surface area contributed by atoms with Gasteiger partial charge in [0.1, 0.15) is 10.8 Å². The molecular formula is C17H24N4O2S. The summed E-state index contributed by atoms with van der Waals surface area (Å²) in [4.78, 5) is 19.0. The van der Waals surface area contributed by atoms with Gasteiger partial charge in [-0.2, -0.15) is 0 Å². The van der Waals surface area contributed by atoms with Crippen molar-refractivity contribution in [3.63, 3.8) is 0 Å². The second-order valence-electron chi connectivity index (χ2n) is 5.36. The molecular weight excluding hydrogens is 324 g/mol. The summed E-state index contributed by atoms with van der Waals surface area (Å²) < 4.78 is 5.06. The van der Waals surface area contributed by atoms with Gasteiger partial charge < -0.3 is 14.7 Å². The molecule has 0 saturated heterocycles. The summed E-state index contributed by atoms with van der Waals surface area (Å²) in [6.45, 7) is 9.53. The van der Waals surface area contributed by atoms with E-state index in [1.807, 2.05) is 13.0 Å². The van der Waals surface area contributed by atoms with Gasteiger partial charge in [-0.25, -0.2) is 4.98 Å². The molecule has 0 atom stereocenters. The Morgan fingerprint density at radius 3 is 2.83 bits per heavy atom. The summed E-state index contributed by atoms with van der Waals surface area (Å²) in [6, 6.07) is 5.47. The maximum atomic E-state index is 12.4. The molecule has 0 aliphatic rings. The summed E-state index contributed by atoms with van der Waals surface area (Å²) in [5.41, 5.74) is 1.44. The molecule has 0 radical (unpaired) electrons. The van der Waals surface area contributed by atoms with Crippen LogP contribution >= 0.6 is 11.8 Å². The zero-order valence-corrected chi connectivity index (χ0v) is 15.2. The van der Waals surface area contributed by atoms with Gasteiger partial charge in [0.15, 0.2) is 0 Å². The Hall–Kier alpha value is -1.86. The third-order valence-corrected chi connectivity index (χ3v) is 4.70. The predicted molar refractivity (Wildman–Crippen MR) is 95.2 cm³/mol. The van der Waals surface area contributed by atoms with E-state index in [0.29, 0.717) is 22.9 Å². The predicted octanol–water partition coefficient (Wildman–Crippen LogP) is 2.74. The summed E-state index contributed by atoms with van der Waals surface area (Å²) in [5.74, 6) is 1.31. The monoisotopic (exact) mass is 348 g/mol. The van der Waals surface area contributed by atoms with Crippen LogP contribution in [0.4, 0.5) is 0 Å². The van der Waals surface area contributed by atoms with Crippen molar-refractivity contribution >= 4 is 17.7 Å². The number of nitrogens with zero attached hydrogens (tertiary/aromatic N) is 3. The number of pyridine rings is 1. The third-order valence-electron chi connectivity index (χ3n) is 3.66. The molecule has 7 heteroatoms. The van der Waals surface area contributed by atoms with Gasteiger partial charge in [-0.05, 0) is 32.1 Å². The van der Waals surface area contributed by atoms with Gasteiger partial charge in [-0.3, -0.25) is 4.79 Å². The fourth-order valence-electron chi connectivity index (χ4n) is 2.27. The zero-order chi connectivity index (χ0) is 17.4. The number of nitrogens with one attached hydrogen (secondary N) is 1. The van der Waals surface area contributed by atoms with Gasteiger partial charge in [0.05, 0.1) is 11.3 Å². The molecule has 0 saturated carbocycles. The van der Waals surface area contributed by atoms with Crippen LogP contribution in [0.5, 0.6) is 0 Å². The Morgan fingerprint density at radius 2 is 2.17 bits per heavy atom. The van der Waals surface area contributed by atoms with Crippen LogP contribution in [0.1, 0.15) is 35.7 Å². The SMILES string of the molecule is CCN(CC)CCNC(=O)c1cccnc1SCc1cc(C)on1. The van der Waals surface area contributed by atoms with E-state index in [-0.39, 0.29) is 5.91 Å². The molecule has 0 aliphatic carbocycles. The number of amides is 1. The quantitative estimate of drug-likeness (QED) is 0.703. The molecule has 2 heterocycles. The van der Waals surface area contributed by atoms with Gasteiger partial charge >= 0.3 is 0 Å². The zero-order valence-electron chi connectivity index (χ0n) is 14.4. The highest BCUT2D eigenvalue weighted by atomic mass is 32.2. The second-order valence-corrected chi connectivity index (χ2v) is 6.32. The lowest BCUT2D eigenvalue weighted by atomic mass is 10.2. The second kappa shape index (κ2) is 9.44. The minimum absolute atomic E-state index is 0.0888. The van der Waals surface area contributed by atoms with E-state index in [4.69, 9.17) is 4.52 Å². The van der Waals surface area contributed by atoms with E-state index in [2.05, 4.69) is 34.2 Å². The Bertz CT molecular complexity index is 656. The molecule has 0 aliphatic heterocycles. The number of likely N-dealkylation sites (N-methyl/N-ethyl adjacent to an activating group) is 1. The average molecular weight is 348 g/mol. The number of rotatable bonds is 9. The standard InChI is InChI=1S/C17H24N4O2S/c1-4-21(5-2)10-9-18-16(22)15-7-6-8-19-17(15)24-12-14-11-13(3)23-20-14/h6-8,11H,4-5,9-10,12H2,1-3H3,(H,18,22). The smallest absolute Gasteiger partial charge is 0.254 e. The molecule has 2 aromatic rings. The Balaban J connectivity index is 1.93. The van der Waals surface area contributed by atoms with Crippen molar-refractivity contribution in [3.8, 4) is 0 Å². The molecule has 1 N–H and O–H groups in total. The van der Waals surface area contributed by atoms with E-state index in [1.54, 1.807) is 18.3 Å². The molecule has 1 amide bonds. The first kappa shape index (κ1) is 18.5. The van der Waals surface area contributed by atoms with Crippen LogP contribution in [0.25, 0.3) is 0 Å². The van der Waals surface area contributed by atoms with Gasteiger partial charge in [-0.1, -0.05) is 30.8 Å². The topological polar surface area (TPSA) is 71.3 Å². The molecule has 2 rings (SSSR count). The highest BCUT2D eigenvalue weighted by Crippen LogP contribution is 2.24. The van der Waals surface area contributed by atoms with Crippen molar-refractivity contribution in [2.24, 2.45) is 0 Å². The number of aryl methyl sites for hydroxylation is 1. The van der Waals surface area contributed by atoms with Crippen molar-refractivity contribution in [2.45, 2.75) is 31.6 Å².